The van der Waals surface area contributed by atoms with E-state index in [2.05, 4.69) is 15.1 Å². The number of sulfonamides is 1. The molecule has 1 N–H and O–H groups in total. The molecule has 1 aliphatic heterocycles. The van der Waals surface area contributed by atoms with Gasteiger partial charge in [0, 0.05) is 42.5 Å². The van der Waals surface area contributed by atoms with Crippen molar-refractivity contribution in [1.82, 2.24) is 28.6 Å². The van der Waals surface area contributed by atoms with Crippen LogP contribution in [-0.4, -0.2) is 55.6 Å². The molecule has 1 aliphatic rings. The average molecular weight is 532 g/mol. The van der Waals surface area contributed by atoms with Crippen LogP contribution >= 0.6 is 11.3 Å². The molecule has 0 atom stereocenters. The van der Waals surface area contributed by atoms with Crippen LogP contribution in [0.15, 0.2) is 54.4 Å². The van der Waals surface area contributed by atoms with Gasteiger partial charge in [0.05, 0.1) is 40.5 Å². The van der Waals surface area contributed by atoms with E-state index in [-0.39, 0.29) is 6.42 Å². The van der Waals surface area contributed by atoms with Crippen molar-refractivity contribution in [3.05, 3.63) is 54.4 Å². The fourth-order valence-electron chi connectivity index (χ4n) is 4.67. The van der Waals surface area contributed by atoms with E-state index in [1.807, 2.05) is 40.3 Å². The lowest BCUT2D eigenvalue weighted by Gasteiger charge is -2.47. The number of pyridine rings is 1. The van der Waals surface area contributed by atoms with E-state index in [0.717, 1.165) is 26.9 Å². The van der Waals surface area contributed by atoms with Crippen molar-refractivity contribution in [2.75, 3.05) is 13.1 Å². The zero-order chi connectivity index (χ0) is 25.3. The second-order valence-electron chi connectivity index (χ2n) is 8.57. The van der Waals surface area contributed by atoms with Gasteiger partial charge in [0.2, 0.25) is 0 Å². The van der Waals surface area contributed by atoms with Gasteiger partial charge in [0.1, 0.15) is 11.2 Å². The second kappa shape index (κ2) is 7.66. The highest BCUT2D eigenvalue weighted by Gasteiger charge is 2.59. The van der Waals surface area contributed by atoms with Crippen LogP contribution in [-0.2, 0) is 15.6 Å². The summed E-state index contributed by atoms with van der Waals surface area (Å²) in [7, 11) is -5.49. The van der Waals surface area contributed by atoms with E-state index in [4.69, 9.17) is 0 Å². The lowest BCUT2D eigenvalue weighted by atomic mass is 9.89. The predicted octanol–water partition coefficient (Wildman–Crippen LogP) is 4.21. The summed E-state index contributed by atoms with van der Waals surface area (Å²) in [5.74, 6) is 0. The maximum absolute atomic E-state index is 13.0. The van der Waals surface area contributed by atoms with Gasteiger partial charge in [-0.2, -0.15) is 27.8 Å². The molecular weight excluding hydrogens is 515 g/mol. The Labute approximate surface area is 206 Å². The SMILES string of the molecule is N#CCC1(n2cc(-n3c(-c4cccs4)cc4cnc5[nH]ccc5c43)cn2)CN(S(=O)(=O)C(F)(F)F)C1. The molecule has 9 nitrogen and oxygen atoms in total. The van der Waals surface area contributed by atoms with Gasteiger partial charge in [-0.15, -0.1) is 11.3 Å². The highest BCUT2D eigenvalue weighted by molar-refractivity contribution is 7.90. The Bertz CT molecular complexity index is 1750. The first-order valence-electron chi connectivity index (χ1n) is 10.6. The number of H-pyrrole nitrogens is 1. The number of alkyl halides is 3. The van der Waals surface area contributed by atoms with Crippen LogP contribution in [0.3, 0.4) is 0 Å². The maximum Gasteiger partial charge on any atom is 0.511 e. The molecule has 36 heavy (non-hydrogen) atoms. The van der Waals surface area contributed by atoms with Crippen LogP contribution in [0.25, 0.3) is 38.2 Å². The van der Waals surface area contributed by atoms with E-state index in [1.165, 1.54) is 4.68 Å². The van der Waals surface area contributed by atoms with Gasteiger partial charge in [-0.3, -0.25) is 4.68 Å². The average Bonchev–Trinajstić information content (AvgIpc) is 3.58. The van der Waals surface area contributed by atoms with Gasteiger partial charge in [-0.1, -0.05) is 6.07 Å². The lowest BCUT2D eigenvalue weighted by molar-refractivity contribution is -0.0565. The Morgan fingerprint density at radius 1 is 1.25 bits per heavy atom. The Hall–Kier alpha value is -3.67. The van der Waals surface area contributed by atoms with Gasteiger partial charge >= 0.3 is 15.5 Å². The first-order valence-corrected chi connectivity index (χ1v) is 13.0. The number of halogens is 3. The molecule has 5 aromatic rings. The molecule has 0 bridgehead atoms. The molecule has 0 aromatic carbocycles. The molecule has 5 aromatic heterocycles. The molecule has 6 heterocycles. The predicted molar refractivity (Wildman–Crippen MR) is 127 cm³/mol. The summed E-state index contributed by atoms with van der Waals surface area (Å²) < 4.78 is 66.5. The number of nitriles is 1. The van der Waals surface area contributed by atoms with Crippen molar-refractivity contribution in [3.63, 3.8) is 0 Å². The number of hydrogen-bond acceptors (Lipinski definition) is 6. The van der Waals surface area contributed by atoms with Crippen LogP contribution in [0.5, 0.6) is 0 Å². The van der Waals surface area contributed by atoms with Crippen molar-refractivity contribution >= 4 is 43.3 Å². The Kier molecular flexibility index (Phi) is 4.85. The third kappa shape index (κ3) is 3.20. The summed E-state index contributed by atoms with van der Waals surface area (Å²) in [4.78, 5) is 8.55. The van der Waals surface area contributed by atoms with E-state index in [9.17, 15) is 26.9 Å². The monoisotopic (exact) mass is 531 g/mol. The van der Waals surface area contributed by atoms with Crippen LogP contribution in [0.2, 0.25) is 0 Å². The molecule has 1 fully saturated rings. The van der Waals surface area contributed by atoms with E-state index in [0.29, 0.717) is 15.6 Å². The van der Waals surface area contributed by atoms with Crippen LogP contribution in [0, 0.1) is 11.3 Å². The minimum absolute atomic E-state index is 0.200. The molecule has 1 saturated heterocycles. The highest BCUT2D eigenvalue weighted by atomic mass is 32.2. The first-order chi connectivity index (χ1) is 17.1. The summed E-state index contributed by atoms with van der Waals surface area (Å²) in [5.41, 5.74) is -3.55. The summed E-state index contributed by atoms with van der Waals surface area (Å²) in [6.07, 6.45) is 6.55. The van der Waals surface area contributed by atoms with Gasteiger partial charge in [-0.25, -0.2) is 13.4 Å². The van der Waals surface area contributed by atoms with E-state index < -0.39 is 34.2 Å². The maximum atomic E-state index is 13.0. The van der Waals surface area contributed by atoms with Crippen molar-refractivity contribution < 1.29 is 21.6 Å². The second-order valence-corrected chi connectivity index (χ2v) is 11.4. The number of fused-ring (bicyclic) bond motifs is 3. The highest BCUT2D eigenvalue weighted by Crippen LogP contribution is 2.41. The fraction of sp³-hybridized carbons (Fsp3) is 0.227. The molecule has 184 valence electrons. The number of rotatable bonds is 5. The van der Waals surface area contributed by atoms with Gasteiger partial charge in [0.25, 0.3) is 0 Å². The van der Waals surface area contributed by atoms with Gasteiger partial charge in [-0.05, 0) is 23.6 Å². The Morgan fingerprint density at radius 2 is 2.06 bits per heavy atom. The molecule has 0 radical (unpaired) electrons. The topological polar surface area (TPSA) is 113 Å². The van der Waals surface area contributed by atoms with Crippen LogP contribution < -0.4 is 0 Å². The number of aromatic amines is 1. The van der Waals surface area contributed by atoms with E-state index in [1.54, 1.807) is 36.1 Å². The smallest absolute Gasteiger partial charge is 0.346 e. The molecule has 0 aliphatic carbocycles. The van der Waals surface area contributed by atoms with Crippen LogP contribution in [0.4, 0.5) is 13.2 Å². The van der Waals surface area contributed by atoms with Crippen molar-refractivity contribution in [1.29, 1.82) is 5.26 Å². The molecular formula is C22H16F3N7O2S2. The number of hydrogen-bond donors (Lipinski definition) is 1. The van der Waals surface area contributed by atoms with Crippen LogP contribution in [0.1, 0.15) is 6.42 Å². The largest absolute Gasteiger partial charge is 0.511 e. The zero-order valence-electron chi connectivity index (χ0n) is 18.3. The van der Waals surface area contributed by atoms with Gasteiger partial charge < -0.3 is 9.55 Å². The minimum Gasteiger partial charge on any atom is -0.346 e. The fourth-order valence-corrected chi connectivity index (χ4v) is 6.52. The normalized spacial score (nSPS) is 16.4. The zero-order valence-corrected chi connectivity index (χ0v) is 19.9. The van der Waals surface area contributed by atoms with Crippen molar-refractivity contribution in [3.8, 4) is 22.3 Å². The standard InChI is InChI=1S/C22H16F3N7O2S2/c23-22(24,25)36(33,34)30-12-21(13-30,4-5-26)31-11-15(10-29-31)32-17(18-2-1-7-35-18)8-14-9-28-20-16(19(14)32)3-6-27-20/h1-3,6-11H,4,12-13H2,(H,27,28). The van der Waals surface area contributed by atoms with Gasteiger partial charge in [0.15, 0.2) is 0 Å². The van der Waals surface area contributed by atoms with Crippen molar-refractivity contribution in [2.45, 2.75) is 17.5 Å². The molecule has 14 heteroatoms. The molecule has 0 spiro atoms. The number of aromatic nitrogens is 5. The molecule has 6 rings (SSSR count). The third-order valence-corrected chi connectivity index (χ3v) is 8.83. The first kappa shape index (κ1) is 22.8. The minimum atomic E-state index is -5.49. The summed E-state index contributed by atoms with van der Waals surface area (Å²) in [5, 5.41) is 17.5. The summed E-state index contributed by atoms with van der Waals surface area (Å²) in [6.45, 7) is -1.00. The summed E-state index contributed by atoms with van der Waals surface area (Å²) >= 11 is 1.55. The number of thiophene rings is 1. The lowest BCUT2D eigenvalue weighted by Crippen LogP contribution is -2.65. The molecule has 0 unspecified atom stereocenters. The van der Waals surface area contributed by atoms with E-state index >= 15 is 0 Å². The summed E-state index contributed by atoms with van der Waals surface area (Å²) in [6, 6.07) is 9.79. The Morgan fingerprint density at radius 3 is 2.75 bits per heavy atom. The van der Waals surface area contributed by atoms with Crippen molar-refractivity contribution in [2.24, 2.45) is 0 Å². The molecule has 0 saturated carbocycles. The molecule has 0 amide bonds. The quantitative estimate of drug-likeness (QED) is 0.365. The number of nitrogens with one attached hydrogen (secondary N) is 1. The Balaban J connectivity index is 1.48. The number of nitrogens with zero attached hydrogens (tertiary/aromatic N) is 6. The third-order valence-electron chi connectivity index (χ3n) is 6.41.